The van der Waals surface area contributed by atoms with E-state index in [4.69, 9.17) is 18.3 Å². The molecule has 150 valence electrons. The lowest BCUT2D eigenvalue weighted by Crippen LogP contribution is -2.10. The van der Waals surface area contributed by atoms with Crippen LogP contribution in [0.25, 0.3) is 33.4 Å². The maximum absolute atomic E-state index is 12.6. The predicted molar refractivity (Wildman–Crippen MR) is 115 cm³/mol. The largest absolute Gasteiger partial charge is 0.493 e. The van der Waals surface area contributed by atoms with Crippen molar-refractivity contribution in [3.8, 4) is 23.0 Å². The van der Waals surface area contributed by atoms with Crippen LogP contribution in [0.2, 0.25) is 0 Å². The van der Waals surface area contributed by atoms with Gasteiger partial charge in [0.2, 0.25) is 0 Å². The molecule has 1 amide bonds. The van der Waals surface area contributed by atoms with Crippen LogP contribution < -0.4 is 14.8 Å². The highest BCUT2D eigenvalue weighted by atomic mass is 32.1. The molecule has 30 heavy (non-hydrogen) atoms. The summed E-state index contributed by atoms with van der Waals surface area (Å²) < 4.78 is 22.2. The molecule has 0 fully saturated rings. The van der Waals surface area contributed by atoms with Crippen molar-refractivity contribution < 1.29 is 23.1 Å². The lowest BCUT2D eigenvalue weighted by atomic mass is 10.2. The Morgan fingerprint density at radius 1 is 0.967 bits per heavy atom. The van der Waals surface area contributed by atoms with E-state index in [0.717, 1.165) is 10.8 Å². The summed E-state index contributed by atoms with van der Waals surface area (Å²) in [6.45, 7) is 0. The van der Waals surface area contributed by atoms with Crippen LogP contribution in [0.15, 0.2) is 62.7 Å². The minimum atomic E-state index is -0.388. The Hall–Kier alpha value is -3.78. The molecule has 2 aromatic carbocycles. The van der Waals surface area contributed by atoms with E-state index in [1.807, 2.05) is 41.8 Å². The summed E-state index contributed by atoms with van der Waals surface area (Å²) in [5, 5.41) is 6.73. The van der Waals surface area contributed by atoms with Crippen LogP contribution in [0.1, 0.15) is 10.6 Å². The number of carbonyl (C=O) groups is 1. The minimum absolute atomic E-state index is 0.180. The van der Waals surface area contributed by atoms with Crippen LogP contribution in [0.4, 0.5) is 5.13 Å². The Morgan fingerprint density at radius 3 is 2.33 bits per heavy atom. The number of methoxy groups -OCH3 is 2. The van der Waals surface area contributed by atoms with Crippen molar-refractivity contribution in [1.29, 1.82) is 0 Å². The lowest BCUT2D eigenvalue weighted by molar-refractivity contribution is 0.0998. The maximum Gasteiger partial charge on any atom is 0.293 e. The topological polar surface area (TPSA) is 86.7 Å². The zero-order valence-electron chi connectivity index (χ0n) is 16.1. The number of carbonyl (C=O) groups excluding carboxylic acids is 1. The first-order valence-electron chi connectivity index (χ1n) is 9.06. The van der Waals surface area contributed by atoms with Crippen molar-refractivity contribution in [3.63, 3.8) is 0 Å². The summed E-state index contributed by atoms with van der Waals surface area (Å²) in [6, 6.07) is 14.7. The Morgan fingerprint density at radius 2 is 1.63 bits per heavy atom. The van der Waals surface area contributed by atoms with Crippen LogP contribution in [0, 0.1) is 0 Å². The quantitative estimate of drug-likeness (QED) is 0.400. The normalized spacial score (nSPS) is 11.1. The fourth-order valence-electron chi connectivity index (χ4n) is 3.24. The third kappa shape index (κ3) is 3.07. The average Bonchev–Trinajstić information content (AvgIpc) is 3.49. The number of hydrogen-bond acceptors (Lipinski definition) is 7. The molecular weight excluding hydrogens is 404 g/mol. The molecule has 0 radical (unpaired) electrons. The van der Waals surface area contributed by atoms with E-state index < -0.39 is 0 Å². The predicted octanol–water partition coefficient (Wildman–Crippen LogP) is 5.57. The maximum atomic E-state index is 12.6. The summed E-state index contributed by atoms with van der Waals surface area (Å²) in [4.78, 5) is 17.1. The highest BCUT2D eigenvalue weighted by Crippen LogP contribution is 2.35. The number of nitrogens with one attached hydrogen (secondary N) is 1. The molecule has 5 rings (SSSR count). The minimum Gasteiger partial charge on any atom is -0.493 e. The molecule has 0 bridgehead atoms. The summed E-state index contributed by atoms with van der Waals surface area (Å²) >= 11 is 1.30. The number of anilines is 1. The van der Waals surface area contributed by atoms with E-state index in [9.17, 15) is 4.79 Å². The van der Waals surface area contributed by atoms with Gasteiger partial charge in [0.25, 0.3) is 5.91 Å². The number of aromatic nitrogens is 1. The van der Waals surface area contributed by atoms with Gasteiger partial charge in [0.05, 0.1) is 14.2 Å². The summed E-state index contributed by atoms with van der Waals surface area (Å²) in [5.74, 6) is 1.62. The Bertz CT molecular complexity index is 1380. The molecular formula is C22H16N2O5S. The highest BCUT2D eigenvalue weighted by Gasteiger charge is 2.18. The number of furan rings is 2. The van der Waals surface area contributed by atoms with Crippen molar-refractivity contribution in [1.82, 2.24) is 4.98 Å². The highest BCUT2D eigenvalue weighted by molar-refractivity contribution is 7.14. The molecule has 0 aliphatic heterocycles. The van der Waals surface area contributed by atoms with E-state index in [0.29, 0.717) is 39.3 Å². The van der Waals surface area contributed by atoms with Crippen LogP contribution in [-0.2, 0) is 0 Å². The zero-order chi connectivity index (χ0) is 20.7. The molecule has 0 spiro atoms. The van der Waals surface area contributed by atoms with Gasteiger partial charge in [-0.3, -0.25) is 10.1 Å². The first kappa shape index (κ1) is 18.3. The average molecular weight is 420 g/mol. The van der Waals surface area contributed by atoms with Crippen molar-refractivity contribution in [2.75, 3.05) is 19.5 Å². The second kappa shape index (κ2) is 7.23. The molecule has 0 aliphatic carbocycles. The van der Waals surface area contributed by atoms with Crippen molar-refractivity contribution >= 4 is 44.3 Å². The fourth-order valence-corrected chi connectivity index (χ4v) is 3.93. The van der Waals surface area contributed by atoms with Crippen LogP contribution in [-0.4, -0.2) is 25.1 Å². The second-order valence-electron chi connectivity index (χ2n) is 6.47. The van der Waals surface area contributed by atoms with E-state index in [1.165, 1.54) is 11.3 Å². The van der Waals surface area contributed by atoms with Gasteiger partial charge in [-0.25, -0.2) is 4.98 Å². The number of rotatable bonds is 5. The number of amides is 1. The van der Waals surface area contributed by atoms with Crippen LogP contribution >= 0.6 is 11.3 Å². The lowest BCUT2D eigenvalue weighted by Gasteiger charge is -1.99. The van der Waals surface area contributed by atoms with Gasteiger partial charge < -0.3 is 18.3 Å². The summed E-state index contributed by atoms with van der Waals surface area (Å²) in [5.41, 5.74) is 1.81. The molecule has 0 atom stereocenters. The van der Waals surface area contributed by atoms with Crippen molar-refractivity contribution in [3.05, 3.63) is 59.7 Å². The molecule has 5 aromatic rings. The molecule has 0 aliphatic rings. The van der Waals surface area contributed by atoms with E-state index in [2.05, 4.69) is 10.3 Å². The zero-order valence-corrected chi connectivity index (χ0v) is 16.9. The van der Waals surface area contributed by atoms with Gasteiger partial charge >= 0.3 is 0 Å². The number of ether oxygens (including phenoxy) is 2. The summed E-state index contributed by atoms with van der Waals surface area (Å²) in [6.07, 6.45) is 0. The SMILES string of the molecule is COc1cccc2cc(C(=O)Nc3nc(-c4cc5cccc(OC)c5o4)cs3)oc12. The molecule has 7 nitrogen and oxygen atoms in total. The smallest absolute Gasteiger partial charge is 0.293 e. The third-order valence-corrected chi connectivity index (χ3v) is 5.41. The molecule has 1 N–H and O–H groups in total. The number of thiazole rings is 1. The van der Waals surface area contributed by atoms with E-state index in [1.54, 1.807) is 26.4 Å². The molecule has 3 heterocycles. The standard InChI is InChI=1S/C22H16N2O5S/c1-26-15-7-3-5-12-9-17(28-19(12)15)14-11-30-22(23-14)24-21(25)18-10-13-6-4-8-16(27-2)20(13)29-18/h3-11H,1-2H3,(H,23,24,25). The van der Waals surface area contributed by atoms with Gasteiger partial charge in [-0.15, -0.1) is 11.3 Å². The molecule has 0 saturated heterocycles. The van der Waals surface area contributed by atoms with Crippen LogP contribution in [0.3, 0.4) is 0 Å². The van der Waals surface area contributed by atoms with Gasteiger partial charge in [-0.1, -0.05) is 24.3 Å². The Kier molecular flexibility index (Phi) is 4.40. The number of para-hydroxylation sites is 2. The monoisotopic (exact) mass is 420 g/mol. The van der Waals surface area contributed by atoms with Gasteiger partial charge in [-0.05, 0) is 24.3 Å². The van der Waals surface area contributed by atoms with Gasteiger partial charge in [0.1, 0.15) is 5.69 Å². The van der Waals surface area contributed by atoms with Gasteiger partial charge in [-0.2, -0.15) is 0 Å². The number of hydrogen-bond donors (Lipinski definition) is 1. The molecule has 0 saturated carbocycles. The summed E-state index contributed by atoms with van der Waals surface area (Å²) in [7, 11) is 3.16. The van der Waals surface area contributed by atoms with Crippen molar-refractivity contribution in [2.24, 2.45) is 0 Å². The molecule has 0 unspecified atom stereocenters. The fraction of sp³-hybridized carbons (Fsp3) is 0.0909. The Labute approximate surface area is 174 Å². The van der Waals surface area contributed by atoms with Gasteiger partial charge in [0, 0.05) is 16.2 Å². The first-order valence-corrected chi connectivity index (χ1v) is 9.94. The Balaban J connectivity index is 1.40. The van der Waals surface area contributed by atoms with Crippen LogP contribution in [0.5, 0.6) is 11.5 Å². The number of benzene rings is 2. The van der Waals surface area contributed by atoms with E-state index in [-0.39, 0.29) is 11.7 Å². The van der Waals surface area contributed by atoms with Gasteiger partial charge in [0.15, 0.2) is 39.3 Å². The molecule has 8 heteroatoms. The van der Waals surface area contributed by atoms with Crippen molar-refractivity contribution in [2.45, 2.75) is 0 Å². The molecule has 3 aromatic heterocycles. The second-order valence-corrected chi connectivity index (χ2v) is 7.33. The number of fused-ring (bicyclic) bond motifs is 2. The first-order chi connectivity index (χ1) is 14.7. The number of nitrogens with zero attached hydrogens (tertiary/aromatic N) is 1. The third-order valence-electron chi connectivity index (χ3n) is 4.66. The van der Waals surface area contributed by atoms with E-state index >= 15 is 0 Å².